The Bertz CT molecular complexity index is 187. The van der Waals surface area contributed by atoms with Gasteiger partial charge in [-0.05, 0) is 64.7 Å². The molecule has 0 radical (unpaired) electrons. The molecule has 3 nitrogen and oxygen atoms in total. The minimum Gasteiger partial charge on any atom is -0.396 e. The van der Waals surface area contributed by atoms with Crippen molar-refractivity contribution in [1.82, 2.24) is 10.2 Å². The van der Waals surface area contributed by atoms with Gasteiger partial charge in [0.2, 0.25) is 0 Å². The quantitative estimate of drug-likeness (QED) is 0.638. The molecule has 1 heterocycles. The predicted octanol–water partition coefficient (Wildman–Crippen LogP) is 1.86. The fraction of sp³-hybridized carbons (Fsp3) is 1.00. The summed E-state index contributed by atoms with van der Waals surface area (Å²) in [5.74, 6) is 0.460. The van der Waals surface area contributed by atoms with E-state index in [9.17, 15) is 0 Å². The van der Waals surface area contributed by atoms with Gasteiger partial charge in [-0.15, -0.1) is 0 Å². The third-order valence-electron chi connectivity index (χ3n) is 3.94. The lowest BCUT2D eigenvalue weighted by Crippen LogP contribution is -2.38. The number of aliphatic hydroxyl groups excluding tert-OH is 1. The van der Waals surface area contributed by atoms with Gasteiger partial charge in [-0.1, -0.05) is 13.3 Å². The van der Waals surface area contributed by atoms with Crippen LogP contribution in [-0.4, -0.2) is 49.3 Å². The van der Waals surface area contributed by atoms with Crippen LogP contribution in [0, 0.1) is 5.92 Å². The van der Waals surface area contributed by atoms with Gasteiger partial charge in [0.15, 0.2) is 0 Å². The maximum Gasteiger partial charge on any atom is 0.0456 e. The maximum absolute atomic E-state index is 8.91. The lowest BCUT2D eigenvalue weighted by molar-refractivity contribution is 0.175. The van der Waals surface area contributed by atoms with Gasteiger partial charge in [-0.25, -0.2) is 0 Å². The molecule has 2 atom stereocenters. The molecule has 2 N–H and O–H groups in total. The van der Waals surface area contributed by atoms with Crippen molar-refractivity contribution < 1.29 is 5.11 Å². The van der Waals surface area contributed by atoms with Gasteiger partial charge >= 0.3 is 0 Å². The number of hydrogen-bond acceptors (Lipinski definition) is 3. The Morgan fingerprint density at radius 1 is 1.35 bits per heavy atom. The average Bonchev–Trinajstić information content (AvgIpc) is 2.35. The fourth-order valence-corrected chi connectivity index (χ4v) is 2.57. The molecule has 1 saturated heterocycles. The van der Waals surface area contributed by atoms with Crippen molar-refractivity contribution in [2.75, 3.05) is 33.3 Å². The first-order valence-corrected chi connectivity index (χ1v) is 7.26. The van der Waals surface area contributed by atoms with Crippen LogP contribution in [0.3, 0.4) is 0 Å². The van der Waals surface area contributed by atoms with Crippen LogP contribution >= 0.6 is 0 Å². The van der Waals surface area contributed by atoms with Gasteiger partial charge in [-0.2, -0.15) is 0 Å². The number of nitrogens with zero attached hydrogens (tertiary/aromatic N) is 1. The molecule has 1 aliphatic heterocycles. The number of piperidine rings is 1. The molecule has 0 aromatic carbocycles. The van der Waals surface area contributed by atoms with Gasteiger partial charge in [0.05, 0.1) is 0 Å². The molecule has 17 heavy (non-hydrogen) atoms. The van der Waals surface area contributed by atoms with Crippen molar-refractivity contribution in [3.05, 3.63) is 0 Å². The van der Waals surface area contributed by atoms with Crippen LogP contribution in [0.5, 0.6) is 0 Å². The molecule has 1 aliphatic rings. The highest BCUT2D eigenvalue weighted by Gasteiger charge is 2.17. The SMILES string of the molecule is CC(CO)CCCNCCC1CCCCN1C. The van der Waals surface area contributed by atoms with E-state index in [4.69, 9.17) is 5.11 Å². The van der Waals surface area contributed by atoms with Crippen LogP contribution < -0.4 is 5.32 Å². The fourth-order valence-electron chi connectivity index (χ4n) is 2.57. The topological polar surface area (TPSA) is 35.5 Å². The van der Waals surface area contributed by atoms with Crippen LogP contribution in [0.4, 0.5) is 0 Å². The second-order valence-corrected chi connectivity index (χ2v) is 5.60. The molecule has 0 aliphatic carbocycles. The molecule has 0 saturated carbocycles. The molecule has 1 rings (SSSR count). The first-order valence-electron chi connectivity index (χ1n) is 7.26. The first kappa shape index (κ1) is 14.9. The van der Waals surface area contributed by atoms with Crippen molar-refractivity contribution >= 4 is 0 Å². The lowest BCUT2D eigenvalue weighted by Gasteiger charge is -2.32. The monoisotopic (exact) mass is 242 g/mol. The molecule has 0 bridgehead atoms. The largest absolute Gasteiger partial charge is 0.396 e. The van der Waals surface area contributed by atoms with E-state index >= 15 is 0 Å². The average molecular weight is 242 g/mol. The molecule has 0 spiro atoms. The minimum atomic E-state index is 0.326. The Morgan fingerprint density at radius 3 is 2.88 bits per heavy atom. The van der Waals surface area contributed by atoms with Crippen molar-refractivity contribution in [2.24, 2.45) is 5.92 Å². The maximum atomic E-state index is 8.91. The zero-order valence-electron chi connectivity index (χ0n) is 11.6. The molecule has 1 fully saturated rings. The summed E-state index contributed by atoms with van der Waals surface area (Å²) in [6, 6.07) is 0.799. The number of nitrogens with one attached hydrogen (secondary N) is 1. The summed E-state index contributed by atoms with van der Waals surface area (Å²) >= 11 is 0. The standard InChI is InChI=1S/C14H30N2O/c1-13(12-17)6-5-9-15-10-8-14-7-3-4-11-16(14)2/h13-15,17H,3-12H2,1-2H3. The van der Waals surface area contributed by atoms with E-state index < -0.39 is 0 Å². The van der Waals surface area contributed by atoms with Gasteiger partial charge in [0.25, 0.3) is 0 Å². The lowest BCUT2D eigenvalue weighted by atomic mass is 10.0. The summed E-state index contributed by atoms with van der Waals surface area (Å²) in [5.41, 5.74) is 0. The van der Waals surface area contributed by atoms with Crippen LogP contribution in [0.1, 0.15) is 45.4 Å². The van der Waals surface area contributed by atoms with E-state index in [1.807, 2.05) is 0 Å². The van der Waals surface area contributed by atoms with Gasteiger partial charge in [-0.3, -0.25) is 0 Å². The minimum absolute atomic E-state index is 0.326. The van der Waals surface area contributed by atoms with Crippen LogP contribution in [-0.2, 0) is 0 Å². The molecular weight excluding hydrogens is 212 g/mol. The molecular formula is C14H30N2O. The van der Waals surface area contributed by atoms with Crippen molar-refractivity contribution in [3.8, 4) is 0 Å². The normalized spacial score (nSPS) is 23.8. The second kappa shape index (κ2) is 8.90. The zero-order chi connectivity index (χ0) is 12.5. The number of rotatable bonds is 8. The van der Waals surface area contributed by atoms with E-state index in [-0.39, 0.29) is 0 Å². The van der Waals surface area contributed by atoms with Gasteiger partial charge < -0.3 is 15.3 Å². The molecule has 102 valence electrons. The molecule has 0 aromatic rings. The Balaban J connectivity index is 1.93. The van der Waals surface area contributed by atoms with E-state index in [2.05, 4.69) is 24.2 Å². The Kier molecular flexibility index (Phi) is 7.82. The summed E-state index contributed by atoms with van der Waals surface area (Å²) in [5, 5.41) is 12.4. The third-order valence-corrected chi connectivity index (χ3v) is 3.94. The predicted molar refractivity (Wildman–Crippen MR) is 73.2 cm³/mol. The van der Waals surface area contributed by atoms with E-state index in [0.717, 1.165) is 25.6 Å². The summed E-state index contributed by atoms with van der Waals surface area (Å²) in [6.45, 7) is 5.95. The highest BCUT2D eigenvalue weighted by molar-refractivity contribution is 4.74. The number of hydrogen-bond donors (Lipinski definition) is 2. The van der Waals surface area contributed by atoms with Crippen LogP contribution in [0.25, 0.3) is 0 Å². The molecule has 3 heteroatoms. The van der Waals surface area contributed by atoms with E-state index in [1.54, 1.807) is 0 Å². The number of aliphatic hydroxyl groups is 1. The van der Waals surface area contributed by atoms with E-state index in [0.29, 0.717) is 12.5 Å². The van der Waals surface area contributed by atoms with Crippen molar-refractivity contribution in [3.63, 3.8) is 0 Å². The highest BCUT2D eigenvalue weighted by Crippen LogP contribution is 2.17. The third kappa shape index (κ3) is 6.39. The van der Waals surface area contributed by atoms with Gasteiger partial charge in [0.1, 0.15) is 0 Å². The molecule has 0 amide bonds. The zero-order valence-corrected chi connectivity index (χ0v) is 11.6. The van der Waals surface area contributed by atoms with Crippen molar-refractivity contribution in [1.29, 1.82) is 0 Å². The molecule has 0 aromatic heterocycles. The summed E-state index contributed by atoms with van der Waals surface area (Å²) < 4.78 is 0. The van der Waals surface area contributed by atoms with Crippen molar-refractivity contribution in [2.45, 2.75) is 51.5 Å². The van der Waals surface area contributed by atoms with Crippen LogP contribution in [0.15, 0.2) is 0 Å². The van der Waals surface area contributed by atoms with Crippen LogP contribution in [0.2, 0.25) is 0 Å². The number of likely N-dealkylation sites (tertiary alicyclic amines) is 1. The Labute approximate surface area is 107 Å². The van der Waals surface area contributed by atoms with E-state index in [1.165, 1.54) is 38.6 Å². The summed E-state index contributed by atoms with van der Waals surface area (Å²) in [6.07, 6.45) is 7.75. The Morgan fingerprint density at radius 2 is 2.18 bits per heavy atom. The summed E-state index contributed by atoms with van der Waals surface area (Å²) in [4.78, 5) is 2.51. The first-order chi connectivity index (χ1) is 8.24. The van der Waals surface area contributed by atoms with Gasteiger partial charge in [0, 0.05) is 12.6 Å². The highest BCUT2D eigenvalue weighted by atomic mass is 16.3. The smallest absolute Gasteiger partial charge is 0.0456 e. The summed E-state index contributed by atoms with van der Waals surface area (Å²) in [7, 11) is 2.26. The Hall–Kier alpha value is -0.120. The molecule has 2 unspecified atom stereocenters. The second-order valence-electron chi connectivity index (χ2n) is 5.60.